The molecule has 0 aromatic heterocycles. The van der Waals surface area contributed by atoms with Gasteiger partial charge in [-0.05, 0) is 56.5 Å². The molecule has 0 unspecified atom stereocenters. The fourth-order valence-corrected chi connectivity index (χ4v) is 4.62. The third kappa shape index (κ3) is 5.85. The Bertz CT molecular complexity index is 1030. The molecule has 31 heavy (non-hydrogen) atoms. The molecule has 1 heterocycles. The summed E-state index contributed by atoms with van der Waals surface area (Å²) in [7, 11) is -3.74. The number of nitrogens with zero attached hydrogens (tertiary/aromatic N) is 1. The van der Waals surface area contributed by atoms with E-state index in [-0.39, 0.29) is 22.6 Å². The number of rotatable bonds is 7. The van der Waals surface area contributed by atoms with Crippen LogP contribution in [-0.2, 0) is 14.8 Å². The predicted octanol–water partition coefficient (Wildman–Crippen LogP) is 3.17. The van der Waals surface area contributed by atoms with Crippen molar-refractivity contribution in [1.82, 2.24) is 10.2 Å². The maximum absolute atomic E-state index is 12.9. The highest BCUT2D eigenvalue weighted by molar-refractivity contribution is 7.92. The Balaban J connectivity index is 1.64. The van der Waals surface area contributed by atoms with Gasteiger partial charge in [-0.3, -0.25) is 14.3 Å². The summed E-state index contributed by atoms with van der Waals surface area (Å²) in [6.45, 7) is 5.57. The van der Waals surface area contributed by atoms with E-state index in [1.54, 1.807) is 53.4 Å². The van der Waals surface area contributed by atoms with Crippen LogP contribution in [0.2, 0.25) is 0 Å². The molecule has 8 heteroatoms. The molecule has 3 rings (SSSR count). The van der Waals surface area contributed by atoms with Crippen LogP contribution in [-0.4, -0.2) is 44.8 Å². The molecule has 0 atom stereocenters. The second-order valence-corrected chi connectivity index (χ2v) is 9.54. The number of carbonyl (C=O) groups excluding carboxylic acids is 2. The van der Waals surface area contributed by atoms with Gasteiger partial charge in [-0.25, -0.2) is 8.42 Å². The van der Waals surface area contributed by atoms with E-state index in [1.807, 2.05) is 13.8 Å². The van der Waals surface area contributed by atoms with Gasteiger partial charge in [0.25, 0.3) is 15.9 Å². The first kappa shape index (κ1) is 22.8. The molecule has 1 fully saturated rings. The van der Waals surface area contributed by atoms with Crippen molar-refractivity contribution in [3.05, 3.63) is 59.7 Å². The Kier molecular flexibility index (Phi) is 7.33. The molecule has 0 saturated carbocycles. The molecular formula is C23H29N3O4S. The van der Waals surface area contributed by atoms with Crippen molar-refractivity contribution in [2.75, 3.05) is 24.4 Å². The highest BCUT2D eigenvalue weighted by atomic mass is 32.2. The van der Waals surface area contributed by atoms with Crippen molar-refractivity contribution in [1.29, 1.82) is 0 Å². The number of hydrogen-bond acceptors (Lipinski definition) is 4. The third-order valence-electron chi connectivity index (χ3n) is 5.40. The number of piperidine rings is 1. The van der Waals surface area contributed by atoms with E-state index in [1.165, 1.54) is 0 Å². The zero-order chi connectivity index (χ0) is 22.4. The van der Waals surface area contributed by atoms with E-state index >= 15 is 0 Å². The van der Waals surface area contributed by atoms with Crippen LogP contribution in [0.5, 0.6) is 0 Å². The second-order valence-electron chi connectivity index (χ2n) is 7.86. The van der Waals surface area contributed by atoms with Crippen molar-refractivity contribution in [3.63, 3.8) is 0 Å². The molecule has 7 nitrogen and oxygen atoms in total. The van der Waals surface area contributed by atoms with Gasteiger partial charge in [0, 0.05) is 36.8 Å². The zero-order valence-electron chi connectivity index (χ0n) is 17.9. The van der Waals surface area contributed by atoms with Gasteiger partial charge >= 0.3 is 0 Å². The number of anilines is 1. The molecule has 2 aromatic carbocycles. The highest BCUT2D eigenvalue weighted by Crippen LogP contribution is 2.22. The van der Waals surface area contributed by atoms with Crippen LogP contribution in [0.3, 0.4) is 0 Å². The van der Waals surface area contributed by atoms with Gasteiger partial charge in [-0.1, -0.05) is 30.7 Å². The maximum atomic E-state index is 12.9. The number of likely N-dealkylation sites (tertiary alicyclic amines) is 1. The maximum Gasteiger partial charge on any atom is 0.261 e. The molecule has 0 aliphatic carbocycles. The van der Waals surface area contributed by atoms with Crippen LogP contribution >= 0.6 is 0 Å². The van der Waals surface area contributed by atoms with Gasteiger partial charge < -0.3 is 10.2 Å². The van der Waals surface area contributed by atoms with Crippen molar-refractivity contribution in [3.8, 4) is 0 Å². The van der Waals surface area contributed by atoms with E-state index in [9.17, 15) is 18.0 Å². The molecular weight excluding hydrogens is 414 g/mol. The minimum atomic E-state index is -3.74. The lowest BCUT2D eigenvalue weighted by atomic mass is 9.95. The average molecular weight is 444 g/mol. The van der Waals surface area contributed by atoms with E-state index < -0.39 is 10.0 Å². The molecule has 1 saturated heterocycles. The monoisotopic (exact) mass is 443 g/mol. The lowest BCUT2D eigenvalue weighted by Crippen LogP contribution is -2.43. The van der Waals surface area contributed by atoms with Gasteiger partial charge in [0.15, 0.2) is 0 Å². The zero-order valence-corrected chi connectivity index (χ0v) is 18.7. The molecule has 166 valence electrons. The fourth-order valence-electron chi connectivity index (χ4n) is 3.57. The molecule has 2 amide bonds. The summed E-state index contributed by atoms with van der Waals surface area (Å²) in [5.74, 6) is -0.173. The van der Waals surface area contributed by atoms with E-state index in [0.717, 1.165) is 12.0 Å². The Morgan fingerprint density at radius 2 is 1.74 bits per heavy atom. The predicted molar refractivity (Wildman–Crippen MR) is 120 cm³/mol. The second kappa shape index (κ2) is 9.96. The van der Waals surface area contributed by atoms with Gasteiger partial charge in [0.2, 0.25) is 5.91 Å². The van der Waals surface area contributed by atoms with Crippen molar-refractivity contribution < 1.29 is 18.0 Å². The number of hydrogen-bond donors (Lipinski definition) is 2. The Labute approximate surface area is 183 Å². The minimum absolute atomic E-state index is 0.0569. The van der Waals surface area contributed by atoms with Gasteiger partial charge in [0.1, 0.15) is 0 Å². The molecule has 0 spiro atoms. The van der Waals surface area contributed by atoms with Crippen LogP contribution in [0.25, 0.3) is 0 Å². The number of nitrogens with one attached hydrogen (secondary N) is 2. The highest BCUT2D eigenvalue weighted by Gasteiger charge is 2.27. The molecule has 2 N–H and O–H groups in total. The average Bonchev–Trinajstić information content (AvgIpc) is 2.77. The number of carbonyl (C=O) groups is 2. The number of aryl methyl sites for hydroxylation is 1. The third-order valence-corrected chi connectivity index (χ3v) is 6.79. The van der Waals surface area contributed by atoms with E-state index in [4.69, 9.17) is 0 Å². The Morgan fingerprint density at radius 3 is 2.39 bits per heavy atom. The molecule has 1 aliphatic rings. The summed E-state index contributed by atoms with van der Waals surface area (Å²) in [4.78, 5) is 26.9. The van der Waals surface area contributed by atoms with Crippen LogP contribution in [0.4, 0.5) is 5.69 Å². The Hall–Kier alpha value is -2.87. The Morgan fingerprint density at radius 1 is 1.06 bits per heavy atom. The standard InChI is InChI=1S/C23H29N3O4S/c1-3-13-24-22(27)18-11-14-26(15-12-18)23(28)19-5-4-6-20(16-19)25-31(29,30)21-9-7-17(2)8-10-21/h4-10,16,18,25H,3,11-15H2,1-2H3,(H,24,27). The van der Waals surface area contributed by atoms with Gasteiger partial charge in [-0.2, -0.15) is 0 Å². The van der Waals surface area contributed by atoms with Crippen molar-refractivity contribution in [2.45, 2.75) is 38.0 Å². The molecule has 0 radical (unpaired) electrons. The molecule has 0 bridgehead atoms. The largest absolute Gasteiger partial charge is 0.356 e. The molecule has 2 aromatic rings. The summed E-state index contributed by atoms with van der Waals surface area (Å²) < 4.78 is 27.8. The van der Waals surface area contributed by atoms with E-state index in [0.29, 0.717) is 43.7 Å². The lowest BCUT2D eigenvalue weighted by Gasteiger charge is -2.31. The van der Waals surface area contributed by atoms with Crippen LogP contribution in [0.1, 0.15) is 42.1 Å². The summed E-state index contributed by atoms with van der Waals surface area (Å²) in [6.07, 6.45) is 2.15. The summed E-state index contributed by atoms with van der Waals surface area (Å²) >= 11 is 0. The van der Waals surface area contributed by atoms with Crippen LogP contribution < -0.4 is 10.0 Å². The summed E-state index contributed by atoms with van der Waals surface area (Å²) in [5.41, 5.74) is 1.72. The fraction of sp³-hybridized carbons (Fsp3) is 0.391. The summed E-state index contributed by atoms with van der Waals surface area (Å²) in [6, 6.07) is 13.1. The topological polar surface area (TPSA) is 95.6 Å². The summed E-state index contributed by atoms with van der Waals surface area (Å²) in [5, 5.41) is 2.92. The quantitative estimate of drug-likeness (QED) is 0.687. The smallest absolute Gasteiger partial charge is 0.261 e. The number of sulfonamides is 1. The molecule has 1 aliphatic heterocycles. The normalized spacial score (nSPS) is 14.8. The van der Waals surface area contributed by atoms with Crippen molar-refractivity contribution in [2.24, 2.45) is 5.92 Å². The first-order valence-electron chi connectivity index (χ1n) is 10.6. The van der Waals surface area contributed by atoms with Crippen molar-refractivity contribution >= 4 is 27.5 Å². The minimum Gasteiger partial charge on any atom is -0.356 e. The number of benzene rings is 2. The lowest BCUT2D eigenvalue weighted by molar-refractivity contribution is -0.126. The number of amides is 2. The first-order valence-corrected chi connectivity index (χ1v) is 12.0. The first-order chi connectivity index (χ1) is 14.8. The van der Waals surface area contributed by atoms with Gasteiger partial charge in [0.05, 0.1) is 4.90 Å². The van der Waals surface area contributed by atoms with Crippen LogP contribution in [0.15, 0.2) is 53.4 Å². The SMILES string of the molecule is CCCNC(=O)C1CCN(C(=O)c2cccc(NS(=O)(=O)c3ccc(C)cc3)c2)CC1. The van der Waals surface area contributed by atoms with Gasteiger partial charge in [-0.15, -0.1) is 0 Å². The van der Waals surface area contributed by atoms with E-state index in [2.05, 4.69) is 10.0 Å². The van der Waals surface area contributed by atoms with Crippen LogP contribution in [0, 0.1) is 12.8 Å².